The van der Waals surface area contributed by atoms with Crippen molar-refractivity contribution in [1.82, 2.24) is 0 Å². The summed E-state index contributed by atoms with van der Waals surface area (Å²) in [6.45, 7) is 0. The Morgan fingerprint density at radius 2 is 1.79 bits per heavy atom. The Bertz CT molecular complexity index is 568. The minimum absolute atomic E-state index is 0.140. The van der Waals surface area contributed by atoms with Gasteiger partial charge in [0.25, 0.3) is 0 Å². The lowest BCUT2D eigenvalue weighted by molar-refractivity contribution is -0.134. The lowest BCUT2D eigenvalue weighted by atomic mass is 10.1. The molecule has 0 aliphatic carbocycles. The molecule has 0 unspecified atom stereocenters. The van der Waals surface area contributed by atoms with Gasteiger partial charge >= 0.3 is 5.97 Å². The van der Waals surface area contributed by atoms with Gasteiger partial charge in [-0.15, -0.1) is 0 Å². The molecule has 19 heavy (non-hydrogen) atoms. The van der Waals surface area contributed by atoms with Crippen molar-refractivity contribution in [2.75, 3.05) is 0 Å². The second-order valence-corrected chi connectivity index (χ2v) is 4.03. The fourth-order valence-electron chi connectivity index (χ4n) is 1.62. The van der Waals surface area contributed by atoms with E-state index in [-0.39, 0.29) is 12.2 Å². The number of hydrogen-bond acceptors (Lipinski definition) is 2. The van der Waals surface area contributed by atoms with E-state index in [0.29, 0.717) is 12.5 Å². The maximum atomic E-state index is 13.3. The molecule has 2 nitrogen and oxygen atoms in total. The van der Waals surface area contributed by atoms with Crippen molar-refractivity contribution in [1.29, 1.82) is 0 Å². The standard InChI is InChI=1S/C15H12F2O2/c16-12-7-8-14(13(17)10-12)19-15(18)9-6-11-4-2-1-3-5-11/h1-5,7-8,10H,6,9H2. The summed E-state index contributed by atoms with van der Waals surface area (Å²) in [5.74, 6) is -2.39. The zero-order valence-electron chi connectivity index (χ0n) is 10.1. The van der Waals surface area contributed by atoms with Crippen LogP contribution in [0.5, 0.6) is 5.75 Å². The van der Waals surface area contributed by atoms with Crippen LogP contribution in [-0.4, -0.2) is 5.97 Å². The zero-order chi connectivity index (χ0) is 13.7. The third-order valence-corrected chi connectivity index (χ3v) is 2.58. The molecule has 0 aliphatic heterocycles. The number of esters is 1. The molecule has 2 rings (SSSR count). The molecule has 0 saturated heterocycles. The van der Waals surface area contributed by atoms with Gasteiger partial charge in [-0.3, -0.25) is 4.79 Å². The van der Waals surface area contributed by atoms with E-state index in [1.54, 1.807) is 0 Å². The van der Waals surface area contributed by atoms with Crippen molar-refractivity contribution < 1.29 is 18.3 Å². The van der Waals surface area contributed by atoms with Gasteiger partial charge in [-0.05, 0) is 24.1 Å². The van der Waals surface area contributed by atoms with Crippen molar-refractivity contribution in [3.8, 4) is 5.75 Å². The predicted molar refractivity (Wildman–Crippen MR) is 66.8 cm³/mol. The number of rotatable bonds is 4. The monoisotopic (exact) mass is 262 g/mol. The minimum Gasteiger partial charge on any atom is -0.423 e. The molecule has 0 aliphatic rings. The molecular weight excluding hydrogens is 250 g/mol. The molecular formula is C15H12F2O2. The molecule has 2 aromatic rings. The Labute approximate surface area is 109 Å². The van der Waals surface area contributed by atoms with Crippen LogP contribution >= 0.6 is 0 Å². The van der Waals surface area contributed by atoms with Crippen molar-refractivity contribution >= 4 is 5.97 Å². The number of ether oxygens (including phenoxy) is 1. The molecule has 0 aromatic heterocycles. The molecule has 0 saturated carbocycles. The molecule has 0 bridgehead atoms. The van der Waals surface area contributed by atoms with Gasteiger partial charge in [0.05, 0.1) is 0 Å². The molecule has 0 radical (unpaired) electrons. The number of halogens is 2. The second-order valence-electron chi connectivity index (χ2n) is 4.03. The molecule has 2 aromatic carbocycles. The highest BCUT2D eigenvalue weighted by molar-refractivity contribution is 5.72. The Hall–Kier alpha value is -2.23. The number of carbonyl (C=O) groups excluding carboxylic acids is 1. The van der Waals surface area contributed by atoms with Gasteiger partial charge in [-0.1, -0.05) is 30.3 Å². The number of benzene rings is 2. The van der Waals surface area contributed by atoms with Gasteiger partial charge < -0.3 is 4.74 Å². The van der Waals surface area contributed by atoms with E-state index in [0.717, 1.165) is 17.7 Å². The fraction of sp³-hybridized carbons (Fsp3) is 0.133. The summed E-state index contributed by atoms with van der Waals surface area (Å²) >= 11 is 0. The summed E-state index contributed by atoms with van der Waals surface area (Å²) in [5.41, 5.74) is 0.999. The third-order valence-electron chi connectivity index (χ3n) is 2.58. The molecule has 0 fully saturated rings. The average Bonchev–Trinajstić information content (AvgIpc) is 2.41. The van der Waals surface area contributed by atoms with Crippen LogP contribution in [0.3, 0.4) is 0 Å². The van der Waals surface area contributed by atoms with Gasteiger partial charge in [0.15, 0.2) is 11.6 Å². The first-order chi connectivity index (χ1) is 9.15. The number of hydrogen-bond donors (Lipinski definition) is 0. The van der Waals surface area contributed by atoms with Gasteiger partial charge in [-0.2, -0.15) is 0 Å². The average molecular weight is 262 g/mol. The summed E-state index contributed by atoms with van der Waals surface area (Å²) in [7, 11) is 0. The first-order valence-corrected chi connectivity index (χ1v) is 5.85. The Balaban J connectivity index is 1.91. The topological polar surface area (TPSA) is 26.3 Å². The second kappa shape index (κ2) is 6.09. The molecule has 0 atom stereocenters. The third kappa shape index (κ3) is 3.88. The Kier molecular flexibility index (Phi) is 4.23. The first-order valence-electron chi connectivity index (χ1n) is 5.85. The molecule has 0 N–H and O–H groups in total. The lowest BCUT2D eigenvalue weighted by Crippen LogP contribution is -2.10. The quantitative estimate of drug-likeness (QED) is 0.622. The smallest absolute Gasteiger partial charge is 0.311 e. The van der Waals surface area contributed by atoms with Crippen LogP contribution in [-0.2, 0) is 11.2 Å². The van der Waals surface area contributed by atoms with Crippen molar-refractivity contribution in [2.24, 2.45) is 0 Å². The van der Waals surface area contributed by atoms with Gasteiger partial charge in [-0.25, -0.2) is 8.78 Å². The SMILES string of the molecule is O=C(CCc1ccccc1)Oc1ccc(F)cc1F. The van der Waals surface area contributed by atoms with Gasteiger partial charge in [0.2, 0.25) is 0 Å². The van der Waals surface area contributed by atoms with Crippen LogP contribution in [0.15, 0.2) is 48.5 Å². The molecule has 0 spiro atoms. The maximum Gasteiger partial charge on any atom is 0.311 e. The van der Waals surface area contributed by atoms with Crippen LogP contribution in [0.4, 0.5) is 8.78 Å². The van der Waals surface area contributed by atoms with Crippen molar-refractivity contribution in [2.45, 2.75) is 12.8 Å². The lowest BCUT2D eigenvalue weighted by Gasteiger charge is -2.05. The summed E-state index contributed by atoms with van der Waals surface area (Å²) in [6.07, 6.45) is 0.656. The summed E-state index contributed by atoms with van der Waals surface area (Å²) in [4.78, 5) is 11.5. The van der Waals surface area contributed by atoms with E-state index in [4.69, 9.17) is 4.74 Å². The highest BCUT2D eigenvalue weighted by Gasteiger charge is 2.10. The fourth-order valence-corrected chi connectivity index (χ4v) is 1.62. The number of aryl methyl sites for hydroxylation is 1. The van der Waals surface area contributed by atoms with E-state index in [1.165, 1.54) is 0 Å². The van der Waals surface area contributed by atoms with Crippen LogP contribution in [0.1, 0.15) is 12.0 Å². The van der Waals surface area contributed by atoms with Crippen LogP contribution in [0.2, 0.25) is 0 Å². The van der Waals surface area contributed by atoms with E-state index < -0.39 is 17.6 Å². The largest absolute Gasteiger partial charge is 0.423 e. The first kappa shape index (κ1) is 13.2. The van der Waals surface area contributed by atoms with E-state index >= 15 is 0 Å². The molecule has 0 amide bonds. The predicted octanol–water partition coefficient (Wildman–Crippen LogP) is 3.50. The normalized spacial score (nSPS) is 10.2. The van der Waals surface area contributed by atoms with E-state index in [1.807, 2.05) is 30.3 Å². The molecule has 0 heterocycles. The van der Waals surface area contributed by atoms with Gasteiger partial charge in [0, 0.05) is 12.5 Å². The highest BCUT2D eigenvalue weighted by atomic mass is 19.1. The van der Waals surface area contributed by atoms with Crippen molar-refractivity contribution in [3.63, 3.8) is 0 Å². The zero-order valence-corrected chi connectivity index (χ0v) is 10.1. The van der Waals surface area contributed by atoms with Crippen molar-refractivity contribution in [3.05, 3.63) is 65.7 Å². The highest BCUT2D eigenvalue weighted by Crippen LogP contribution is 2.18. The van der Waals surface area contributed by atoms with Gasteiger partial charge in [0.1, 0.15) is 5.82 Å². The summed E-state index contributed by atoms with van der Waals surface area (Å²) < 4.78 is 30.8. The summed E-state index contributed by atoms with van der Waals surface area (Å²) in [6, 6.07) is 12.3. The molecule has 4 heteroatoms. The Morgan fingerprint density at radius 1 is 1.05 bits per heavy atom. The van der Waals surface area contributed by atoms with Crippen LogP contribution in [0.25, 0.3) is 0 Å². The molecule has 98 valence electrons. The summed E-state index contributed by atoms with van der Waals surface area (Å²) in [5, 5.41) is 0. The number of carbonyl (C=O) groups is 1. The van der Waals surface area contributed by atoms with E-state index in [2.05, 4.69) is 0 Å². The maximum absolute atomic E-state index is 13.3. The van der Waals surface area contributed by atoms with Crippen LogP contribution in [0, 0.1) is 11.6 Å². The van der Waals surface area contributed by atoms with Crippen LogP contribution < -0.4 is 4.74 Å². The van der Waals surface area contributed by atoms with E-state index in [9.17, 15) is 13.6 Å². The Morgan fingerprint density at radius 3 is 2.47 bits per heavy atom. The minimum atomic E-state index is -0.881.